The molecule has 1 saturated heterocycles. The van der Waals surface area contributed by atoms with Crippen LogP contribution in [0.1, 0.15) is 33.1 Å². The molecule has 1 N–H and O–H groups in total. The van der Waals surface area contributed by atoms with E-state index in [0.29, 0.717) is 32.5 Å². The van der Waals surface area contributed by atoms with Crippen molar-refractivity contribution in [2.24, 2.45) is 0 Å². The van der Waals surface area contributed by atoms with Crippen molar-refractivity contribution in [3.8, 4) is 0 Å². The van der Waals surface area contributed by atoms with Crippen LogP contribution in [0.5, 0.6) is 0 Å². The van der Waals surface area contributed by atoms with E-state index in [2.05, 4.69) is 0 Å². The molecule has 1 heterocycles. The highest BCUT2D eigenvalue weighted by Gasteiger charge is 2.27. The van der Waals surface area contributed by atoms with Crippen LogP contribution in [0.25, 0.3) is 0 Å². The first-order valence-corrected chi connectivity index (χ1v) is 7.30. The number of rotatable bonds is 6. The Hall–Kier alpha value is -1.63. The second kappa shape index (κ2) is 8.61. The summed E-state index contributed by atoms with van der Waals surface area (Å²) in [7, 11) is 0. The van der Waals surface area contributed by atoms with Gasteiger partial charge in [0.15, 0.2) is 0 Å². The zero-order chi connectivity index (χ0) is 15.8. The van der Waals surface area contributed by atoms with Gasteiger partial charge in [0.05, 0.1) is 0 Å². The molecule has 0 radical (unpaired) electrons. The molecule has 7 nitrogen and oxygen atoms in total. The highest BCUT2D eigenvalue weighted by Crippen LogP contribution is 2.17. The van der Waals surface area contributed by atoms with E-state index in [1.165, 1.54) is 11.8 Å². The Labute approximate surface area is 124 Å². The molecule has 120 valence electrons. The number of nitrogens with zero attached hydrogens (tertiary/aromatic N) is 2. The van der Waals surface area contributed by atoms with E-state index in [9.17, 15) is 14.4 Å². The third-order valence-corrected chi connectivity index (χ3v) is 3.63. The topological polar surface area (TPSA) is 87.2 Å². The van der Waals surface area contributed by atoms with Crippen molar-refractivity contribution in [1.82, 2.24) is 9.80 Å². The first kappa shape index (κ1) is 17.4. The van der Waals surface area contributed by atoms with Gasteiger partial charge in [0.1, 0.15) is 13.2 Å². The highest BCUT2D eigenvalue weighted by atomic mass is 16.5. The summed E-state index contributed by atoms with van der Waals surface area (Å²) < 4.78 is 5.12. The van der Waals surface area contributed by atoms with Gasteiger partial charge in [0.2, 0.25) is 11.8 Å². The van der Waals surface area contributed by atoms with E-state index < -0.39 is 5.97 Å². The number of ether oxygens (including phenoxy) is 1. The molecule has 0 aromatic heterocycles. The normalized spacial score (nSPS) is 19.0. The second-order valence-corrected chi connectivity index (χ2v) is 5.14. The molecule has 1 fully saturated rings. The fraction of sp³-hybridized carbons (Fsp3) is 0.786. The fourth-order valence-electron chi connectivity index (χ4n) is 2.56. The summed E-state index contributed by atoms with van der Waals surface area (Å²) in [6, 6.07) is -0.122. The van der Waals surface area contributed by atoms with Crippen LogP contribution in [0.3, 0.4) is 0 Å². The molecule has 0 saturated carbocycles. The summed E-state index contributed by atoms with van der Waals surface area (Å²) in [5, 5.41) is 8.90. The zero-order valence-corrected chi connectivity index (χ0v) is 12.7. The molecule has 1 rings (SSSR count). The molecule has 0 aromatic carbocycles. The number of likely N-dealkylation sites (tertiary alicyclic amines) is 1. The molecule has 0 bridgehead atoms. The van der Waals surface area contributed by atoms with Crippen LogP contribution >= 0.6 is 0 Å². The van der Waals surface area contributed by atoms with Crippen molar-refractivity contribution in [2.45, 2.75) is 39.2 Å². The quantitative estimate of drug-likeness (QED) is 0.764. The van der Waals surface area contributed by atoms with Crippen molar-refractivity contribution >= 4 is 17.8 Å². The second-order valence-electron chi connectivity index (χ2n) is 5.14. The fourth-order valence-corrected chi connectivity index (χ4v) is 2.56. The molecular formula is C14H24N2O5. The Morgan fingerprint density at radius 1 is 1.29 bits per heavy atom. The largest absolute Gasteiger partial charge is 0.480 e. The minimum Gasteiger partial charge on any atom is -0.480 e. The van der Waals surface area contributed by atoms with Gasteiger partial charge in [-0.25, -0.2) is 0 Å². The number of carboxylic acid groups (broad SMARTS) is 1. The third kappa shape index (κ3) is 5.71. The predicted molar refractivity (Wildman–Crippen MR) is 75.7 cm³/mol. The van der Waals surface area contributed by atoms with E-state index in [1.807, 2.05) is 6.92 Å². The maximum Gasteiger partial charge on any atom is 0.323 e. The van der Waals surface area contributed by atoms with Gasteiger partial charge in [-0.2, -0.15) is 0 Å². The number of hydrogen-bond acceptors (Lipinski definition) is 4. The number of carbonyl (C=O) groups is 3. The van der Waals surface area contributed by atoms with Crippen molar-refractivity contribution in [3.63, 3.8) is 0 Å². The van der Waals surface area contributed by atoms with E-state index in [1.54, 1.807) is 4.90 Å². The van der Waals surface area contributed by atoms with Gasteiger partial charge in [-0.05, 0) is 26.2 Å². The van der Waals surface area contributed by atoms with Gasteiger partial charge < -0.3 is 19.6 Å². The van der Waals surface area contributed by atoms with E-state index in [4.69, 9.17) is 9.84 Å². The first-order valence-electron chi connectivity index (χ1n) is 7.30. The molecule has 21 heavy (non-hydrogen) atoms. The van der Waals surface area contributed by atoms with Gasteiger partial charge in [0, 0.05) is 32.7 Å². The van der Waals surface area contributed by atoms with E-state index in [0.717, 1.165) is 6.42 Å². The Morgan fingerprint density at radius 3 is 2.57 bits per heavy atom. The lowest BCUT2D eigenvalue weighted by Gasteiger charge is -2.28. The summed E-state index contributed by atoms with van der Waals surface area (Å²) in [6.07, 6.45) is 2.07. The van der Waals surface area contributed by atoms with Crippen LogP contribution in [-0.2, 0) is 19.1 Å². The maximum absolute atomic E-state index is 11.9. The van der Waals surface area contributed by atoms with Crippen LogP contribution in [0.15, 0.2) is 0 Å². The average Bonchev–Trinajstić information content (AvgIpc) is 2.67. The molecule has 7 heteroatoms. The SMILES string of the molecule is CCOCC(=O)N1CCCC(N(CC(=O)O)C(C)=O)CC1. The van der Waals surface area contributed by atoms with Crippen molar-refractivity contribution in [3.05, 3.63) is 0 Å². The Bertz CT molecular complexity index is 386. The molecule has 1 atom stereocenters. The highest BCUT2D eigenvalue weighted by molar-refractivity contribution is 5.80. The van der Waals surface area contributed by atoms with Gasteiger partial charge in [-0.1, -0.05) is 0 Å². The summed E-state index contributed by atoms with van der Waals surface area (Å²) in [5.41, 5.74) is 0. The smallest absolute Gasteiger partial charge is 0.323 e. The average molecular weight is 300 g/mol. The lowest BCUT2D eigenvalue weighted by Crippen LogP contribution is -2.43. The number of carbonyl (C=O) groups excluding carboxylic acids is 2. The summed E-state index contributed by atoms with van der Waals surface area (Å²) in [6.45, 7) is 4.66. The van der Waals surface area contributed by atoms with E-state index in [-0.39, 0.29) is 31.0 Å². The maximum atomic E-state index is 11.9. The lowest BCUT2D eigenvalue weighted by molar-refractivity contribution is -0.145. The first-order chi connectivity index (χ1) is 9.95. The van der Waals surface area contributed by atoms with Crippen LogP contribution in [0, 0.1) is 0 Å². The molecule has 0 aromatic rings. The molecule has 0 spiro atoms. The summed E-state index contributed by atoms with van der Waals surface area (Å²) in [5.74, 6) is -1.31. The minimum absolute atomic E-state index is 0.0508. The summed E-state index contributed by atoms with van der Waals surface area (Å²) >= 11 is 0. The molecule has 0 aliphatic carbocycles. The van der Waals surface area contributed by atoms with Crippen molar-refractivity contribution < 1.29 is 24.2 Å². The Balaban J connectivity index is 2.59. The Kier molecular flexibility index (Phi) is 7.14. The summed E-state index contributed by atoms with van der Waals surface area (Å²) in [4.78, 5) is 37.5. The van der Waals surface area contributed by atoms with Crippen molar-refractivity contribution in [2.75, 3.05) is 32.8 Å². The van der Waals surface area contributed by atoms with Gasteiger partial charge in [-0.3, -0.25) is 14.4 Å². The molecule has 1 aliphatic rings. The third-order valence-electron chi connectivity index (χ3n) is 3.63. The minimum atomic E-state index is -1.02. The van der Waals surface area contributed by atoms with Crippen molar-refractivity contribution in [1.29, 1.82) is 0 Å². The van der Waals surface area contributed by atoms with Gasteiger partial charge >= 0.3 is 5.97 Å². The van der Waals surface area contributed by atoms with Crippen LogP contribution in [-0.4, -0.2) is 71.6 Å². The van der Waals surface area contributed by atoms with E-state index >= 15 is 0 Å². The number of carboxylic acids is 1. The number of hydrogen-bond donors (Lipinski definition) is 1. The molecular weight excluding hydrogens is 276 g/mol. The number of aliphatic carboxylic acids is 1. The van der Waals surface area contributed by atoms with Crippen LogP contribution in [0.2, 0.25) is 0 Å². The predicted octanol–water partition coefficient (Wildman–Crippen LogP) is 0.337. The molecule has 2 amide bonds. The van der Waals surface area contributed by atoms with Crippen LogP contribution in [0.4, 0.5) is 0 Å². The lowest BCUT2D eigenvalue weighted by atomic mass is 10.1. The zero-order valence-electron chi connectivity index (χ0n) is 12.7. The van der Waals surface area contributed by atoms with Gasteiger partial charge in [0.25, 0.3) is 0 Å². The molecule has 1 unspecified atom stereocenters. The standard InChI is InChI=1S/C14H24N2O5/c1-3-21-10-13(18)15-7-4-5-12(6-8-15)16(11(2)17)9-14(19)20/h12H,3-10H2,1-2H3,(H,19,20). The van der Waals surface area contributed by atoms with Gasteiger partial charge in [-0.15, -0.1) is 0 Å². The Morgan fingerprint density at radius 2 is 2.00 bits per heavy atom. The molecule has 1 aliphatic heterocycles. The monoisotopic (exact) mass is 300 g/mol. The van der Waals surface area contributed by atoms with Crippen LogP contribution < -0.4 is 0 Å². The number of amides is 2.